The number of carbonyl (C=O) groups excluding carboxylic acids is 1. The molecule has 0 aliphatic carbocycles. The lowest BCUT2D eigenvalue weighted by atomic mass is 10.1. The van der Waals surface area contributed by atoms with Crippen LogP contribution in [-0.2, 0) is 0 Å². The Morgan fingerprint density at radius 1 is 1.07 bits per heavy atom. The molecule has 0 aliphatic heterocycles. The molecule has 0 spiro atoms. The van der Waals surface area contributed by atoms with Gasteiger partial charge < -0.3 is 9.72 Å². The quantitative estimate of drug-likeness (QED) is 0.595. The van der Waals surface area contributed by atoms with Crippen LogP contribution < -0.4 is 5.32 Å². The predicted octanol–water partition coefficient (Wildman–Crippen LogP) is 4.07. The molecule has 0 unspecified atom stereocenters. The van der Waals surface area contributed by atoms with Crippen LogP contribution in [0.5, 0.6) is 0 Å². The zero-order valence-electron chi connectivity index (χ0n) is 15.1. The van der Waals surface area contributed by atoms with Crippen molar-refractivity contribution in [2.24, 2.45) is 0 Å². The Morgan fingerprint density at radius 3 is 2.67 bits per heavy atom. The maximum absolute atomic E-state index is 13.6. The number of halogens is 1. The van der Waals surface area contributed by atoms with Crippen molar-refractivity contribution in [2.75, 3.05) is 0 Å². The molecule has 0 atom stereocenters. The van der Waals surface area contributed by atoms with E-state index in [1.54, 1.807) is 23.0 Å². The minimum absolute atomic E-state index is 0.0469. The first-order valence-electron chi connectivity index (χ1n) is 8.75. The van der Waals surface area contributed by atoms with E-state index in [1.807, 2.05) is 54.8 Å². The Hall–Kier alpha value is -3.41. The van der Waals surface area contributed by atoms with Crippen molar-refractivity contribution in [3.63, 3.8) is 0 Å². The second kappa shape index (κ2) is 6.72. The molecule has 0 saturated heterocycles. The molecular formula is C21H19FN4O. The van der Waals surface area contributed by atoms with Crippen LogP contribution in [0.3, 0.4) is 0 Å². The van der Waals surface area contributed by atoms with Gasteiger partial charge in [-0.3, -0.25) is 4.79 Å². The van der Waals surface area contributed by atoms with E-state index < -0.39 is 0 Å². The molecule has 3 heterocycles. The van der Waals surface area contributed by atoms with E-state index in [-0.39, 0.29) is 17.8 Å². The van der Waals surface area contributed by atoms with Crippen molar-refractivity contribution in [2.45, 2.75) is 19.9 Å². The maximum Gasteiger partial charge on any atom is 0.271 e. The number of fused-ring (bicyclic) bond motifs is 1. The molecule has 0 fully saturated rings. The van der Waals surface area contributed by atoms with Gasteiger partial charge in [0.2, 0.25) is 0 Å². The first-order chi connectivity index (χ1) is 13.0. The van der Waals surface area contributed by atoms with E-state index in [4.69, 9.17) is 0 Å². The van der Waals surface area contributed by atoms with Crippen LogP contribution in [-0.4, -0.2) is 26.1 Å². The molecule has 4 rings (SSSR count). The molecule has 27 heavy (non-hydrogen) atoms. The molecule has 5 nitrogen and oxygen atoms in total. The van der Waals surface area contributed by atoms with Crippen LogP contribution in [0, 0.1) is 5.82 Å². The maximum atomic E-state index is 13.6. The Bertz CT molecular complexity index is 1130. The number of rotatable bonds is 4. The van der Waals surface area contributed by atoms with Gasteiger partial charge in [0, 0.05) is 24.0 Å². The van der Waals surface area contributed by atoms with Crippen molar-refractivity contribution in [1.82, 2.24) is 19.5 Å². The lowest BCUT2D eigenvalue weighted by Gasteiger charge is -2.07. The monoisotopic (exact) mass is 362 g/mol. The van der Waals surface area contributed by atoms with Crippen LogP contribution in [0.4, 0.5) is 4.39 Å². The number of benzene rings is 1. The number of carbonyl (C=O) groups is 1. The third kappa shape index (κ3) is 3.33. The summed E-state index contributed by atoms with van der Waals surface area (Å²) in [5, 5.41) is 7.23. The van der Waals surface area contributed by atoms with Gasteiger partial charge in [-0.25, -0.2) is 9.07 Å². The summed E-state index contributed by atoms with van der Waals surface area (Å²) in [5.41, 5.74) is 3.03. The number of aromatic nitrogens is 3. The van der Waals surface area contributed by atoms with Crippen LogP contribution in [0.2, 0.25) is 0 Å². The Labute approximate surface area is 156 Å². The Balaban J connectivity index is 1.74. The lowest BCUT2D eigenvalue weighted by molar-refractivity contribution is 0.0937. The molecule has 4 aromatic rings. The minimum Gasteiger partial charge on any atom is -0.348 e. The second-order valence-electron chi connectivity index (χ2n) is 6.69. The summed E-state index contributed by atoms with van der Waals surface area (Å²) in [6, 6.07) is 16.1. The summed E-state index contributed by atoms with van der Waals surface area (Å²) in [4.78, 5) is 12.1. The number of nitrogens with zero attached hydrogens (tertiary/aromatic N) is 3. The van der Waals surface area contributed by atoms with Gasteiger partial charge in [-0.15, -0.1) is 0 Å². The highest BCUT2D eigenvalue weighted by Gasteiger charge is 2.13. The van der Waals surface area contributed by atoms with Gasteiger partial charge in [-0.1, -0.05) is 18.2 Å². The summed E-state index contributed by atoms with van der Waals surface area (Å²) in [5.74, 6) is 0.324. The summed E-state index contributed by atoms with van der Waals surface area (Å²) < 4.78 is 17.2. The fourth-order valence-electron chi connectivity index (χ4n) is 3.02. The molecule has 1 N–H and O–H groups in total. The van der Waals surface area contributed by atoms with E-state index in [0.29, 0.717) is 5.69 Å². The number of nitrogens with one attached hydrogen (secondary N) is 1. The molecule has 6 heteroatoms. The Kier molecular flexibility index (Phi) is 4.24. The van der Waals surface area contributed by atoms with Crippen molar-refractivity contribution < 1.29 is 9.18 Å². The number of amides is 1. The highest BCUT2D eigenvalue weighted by atomic mass is 19.1. The van der Waals surface area contributed by atoms with Crippen molar-refractivity contribution >= 4 is 11.4 Å². The Morgan fingerprint density at radius 2 is 1.89 bits per heavy atom. The van der Waals surface area contributed by atoms with Crippen molar-refractivity contribution in [3.05, 3.63) is 78.5 Å². The first kappa shape index (κ1) is 17.0. The van der Waals surface area contributed by atoms with Gasteiger partial charge in [0.05, 0.1) is 0 Å². The molecule has 0 aliphatic rings. The zero-order chi connectivity index (χ0) is 19.0. The van der Waals surface area contributed by atoms with Crippen LogP contribution in [0.15, 0.2) is 67.0 Å². The van der Waals surface area contributed by atoms with Crippen LogP contribution in [0.1, 0.15) is 24.3 Å². The zero-order valence-corrected chi connectivity index (χ0v) is 15.1. The topological polar surface area (TPSA) is 51.3 Å². The normalized spacial score (nSPS) is 11.3. The van der Waals surface area contributed by atoms with E-state index in [9.17, 15) is 9.18 Å². The summed E-state index contributed by atoms with van der Waals surface area (Å²) >= 11 is 0. The standard InChI is InChI=1S/C21H19FN4O/c1-14(2)23-21(27)19-10-11-26(24-19)20-9-8-18-7-6-16(13-25(18)20)15-4-3-5-17(22)12-15/h3-14H,1-2H3,(H,23,27). The van der Waals surface area contributed by atoms with Gasteiger partial charge in [0.1, 0.15) is 11.6 Å². The number of hydrogen-bond acceptors (Lipinski definition) is 2. The van der Waals surface area contributed by atoms with Gasteiger partial charge in [0.25, 0.3) is 5.91 Å². The average Bonchev–Trinajstić information content (AvgIpc) is 3.27. The average molecular weight is 362 g/mol. The highest BCUT2D eigenvalue weighted by Crippen LogP contribution is 2.23. The molecular weight excluding hydrogens is 343 g/mol. The van der Waals surface area contributed by atoms with Crippen LogP contribution >= 0.6 is 0 Å². The van der Waals surface area contributed by atoms with Crippen molar-refractivity contribution in [3.8, 4) is 16.9 Å². The summed E-state index contributed by atoms with van der Waals surface area (Å²) in [6.45, 7) is 3.81. The van der Waals surface area contributed by atoms with Gasteiger partial charge in [-0.2, -0.15) is 5.10 Å². The molecule has 136 valence electrons. The third-order valence-corrected chi connectivity index (χ3v) is 4.26. The van der Waals surface area contributed by atoms with Crippen molar-refractivity contribution in [1.29, 1.82) is 0 Å². The van der Waals surface area contributed by atoms with Gasteiger partial charge in [-0.05, 0) is 61.4 Å². The molecule has 1 aromatic carbocycles. The first-order valence-corrected chi connectivity index (χ1v) is 8.75. The fourth-order valence-corrected chi connectivity index (χ4v) is 3.02. The molecule has 0 radical (unpaired) electrons. The fraction of sp³-hybridized carbons (Fsp3) is 0.143. The van der Waals surface area contributed by atoms with Crippen LogP contribution in [0.25, 0.3) is 22.5 Å². The highest BCUT2D eigenvalue weighted by molar-refractivity contribution is 5.92. The summed E-state index contributed by atoms with van der Waals surface area (Å²) in [6.07, 6.45) is 3.70. The minimum atomic E-state index is -0.270. The smallest absolute Gasteiger partial charge is 0.271 e. The largest absolute Gasteiger partial charge is 0.348 e. The number of pyridine rings is 1. The molecule has 1 amide bonds. The molecule has 0 bridgehead atoms. The third-order valence-electron chi connectivity index (χ3n) is 4.26. The summed E-state index contributed by atoms with van der Waals surface area (Å²) in [7, 11) is 0. The van der Waals surface area contributed by atoms with E-state index in [2.05, 4.69) is 10.4 Å². The molecule has 0 saturated carbocycles. The van der Waals surface area contributed by atoms with E-state index in [1.165, 1.54) is 12.1 Å². The van der Waals surface area contributed by atoms with E-state index in [0.717, 1.165) is 22.5 Å². The lowest BCUT2D eigenvalue weighted by Crippen LogP contribution is -2.30. The predicted molar refractivity (Wildman–Crippen MR) is 103 cm³/mol. The number of hydrogen-bond donors (Lipinski definition) is 1. The SMILES string of the molecule is CC(C)NC(=O)c1ccn(-c2ccc3ccc(-c4cccc(F)c4)cn23)n1. The molecule has 3 aromatic heterocycles. The van der Waals surface area contributed by atoms with Gasteiger partial charge in [0.15, 0.2) is 5.69 Å². The second-order valence-corrected chi connectivity index (χ2v) is 6.69. The van der Waals surface area contributed by atoms with Gasteiger partial charge >= 0.3 is 0 Å². The van der Waals surface area contributed by atoms with E-state index >= 15 is 0 Å².